The standard InChI is InChI=1S/C15H19BrN2O2/c1-3-6-18-10-17-8-13(18)9-20-15-7-12(16)4-5-14(15)11(2)19/h4-5,7-8,10-11,19H,3,6,9H2,1-2H3/t11-/m1/s1. The molecule has 0 aliphatic rings. The highest BCUT2D eigenvalue weighted by Gasteiger charge is 2.11. The highest BCUT2D eigenvalue weighted by molar-refractivity contribution is 9.10. The lowest BCUT2D eigenvalue weighted by Crippen LogP contribution is -2.06. The van der Waals surface area contributed by atoms with Crippen LogP contribution in [0, 0.1) is 0 Å². The van der Waals surface area contributed by atoms with Crippen molar-refractivity contribution in [3.8, 4) is 5.75 Å². The molecule has 0 bridgehead atoms. The van der Waals surface area contributed by atoms with Crippen molar-refractivity contribution in [1.29, 1.82) is 0 Å². The van der Waals surface area contributed by atoms with Crippen LogP contribution in [-0.2, 0) is 13.2 Å². The molecule has 1 N–H and O–H groups in total. The van der Waals surface area contributed by atoms with Gasteiger partial charge in [0.1, 0.15) is 12.4 Å². The van der Waals surface area contributed by atoms with Gasteiger partial charge in [-0.3, -0.25) is 0 Å². The average molecular weight is 339 g/mol. The first-order valence-corrected chi connectivity index (χ1v) is 7.50. The molecule has 0 saturated heterocycles. The van der Waals surface area contributed by atoms with E-state index in [1.165, 1.54) is 0 Å². The summed E-state index contributed by atoms with van der Waals surface area (Å²) in [6, 6.07) is 5.65. The van der Waals surface area contributed by atoms with E-state index in [4.69, 9.17) is 4.74 Å². The summed E-state index contributed by atoms with van der Waals surface area (Å²) in [5.41, 5.74) is 1.82. The van der Waals surface area contributed by atoms with Gasteiger partial charge in [-0.25, -0.2) is 4.98 Å². The van der Waals surface area contributed by atoms with Crippen LogP contribution in [0.3, 0.4) is 0 Å². The minimum Gasteiger partial charge on any atom is -0.487 e. The Morgan fingerprint density at radius 3 is 2.95 bits per heavy atom. The molecule has 20 heavy (non-hydrogen) atoms. The van der Waals surface area contributed by atoms with Gasteiger partial charge in [-0.1, -0.05) is 28.9 Å². The first-order chi connectivity index (χ1) is 9.61. The van der Waals surface area contributed by atoms with Gasteiger partial charge < -0.3 is 14.4 Å². The van der Waals surface area contributed by atoms with Crippen LogP contribution in [0.4, 0.5) is 0 Å². The highest BCUT2D eigenvalue weighted by atomic mass is 79.9. The maximum Gasteiger partial charge on any atom is 0.130 e. The van der Waals surface area contributed by atoms with Gasteiger partial charge in [-0.15, -0.1) is 0 Å². The number of aryl methyl sites for hydroxylation is 1. The molecular formula is C15H19BrN2O2. The quantitative estimate of drug-likeness (QED) is 0.873. The summed E-state index contributed by atoms with van der Waals surface area (Å²) in [4.78, 5) is 4.15. The van der Waals surface area contributed by atoms with E-state index in [1.54, 1.807) is 6.92 Å². The molecule has 0 spiro atoms. The van der Waals surface area contributed by atoms with Crippen molar-refractivity contribution in [2.24, 2.45) is 0 Å². The largest absolute Gasteiger partial charge is 0.487 e. The second kappa shape index (κ2) is 6.90. The minimum atomic E-state index is -0.557. The fraction of sp³-hybridized carbons (Fsp3) is 0.400. The third kappa shape index (κ3) is 3.61. The monoisotopic (exact) mass is 338 g/mol. The summed E-state index contributed by atoms with van der Waals surface area (Å²) in [7, 11) is 0. The zero-order chi connectivity index (χ0) is 14.5. The second-order valence-corrected chi connectivity index (χ2v) is 5.64. The summed E-state index contributed by atoms with van der Waals surface area (Å²) in [6.07, 6.45) is 4.13. The van der Waals surface area contributed by atoms with Gasteiger partial charge in [0, 0.05) is 16.6 Å². The topological polar surface area (TPSA) is 47.3 Å². The van der Waals surface area contributed by atoms with Crippen LogP contribution in [0.1, 0.15) is 37.6 Å². The van der Waals surface area contributed by atoms with Crippen molar-refractivity contribution in [1.82, 2.24) is 9.55 Å². The summed E-state index contributed by atoms with van der Waals surface area (Å²) in [6.45, 7) is 5.23. The molecule has 5 heteroatoms. The zero-order valence-electron chi connectivity index (χ0n) is 11.7. The van der Waals surface area contributed by atoms with Gasteiger partial charge in [-0.05, 0) is 25.5 Å². The Morgan fingerprint density at radius 2 is 2.25 bits per heavy atom. The molecule has 0 fully saturated rings. The molecule has 0 amide bonds. The van der Waals surface area contributed by atoms with Crippen LogP contribution >= 0.6 is 15.9 Å². The van der Waals surface area contributed by atoms with Gasteiger partial charge in [0.15, 0.2) is 0 Å². The minimum absolute atomic E-state index is 0.441. The molecule has 1 heterocycles. The van der Waals surface area contributed by atoms with E-state index in [1.807, 2.05) is 30.7 Å². The average Bonchev–Trinajstić information content (AvgIpc) is 2.84. The number of halogens is 1. The molecule has 4 nitrogen and oxygen atoms in total. The number of nitrogens with zero attached hydrogens (tertiary/aromatic N) is 2. The molecule has 1 atom stereocenters. The van der Waals surface area contributed by atoms with E-state index >= 15 is 0 Å². The number of hydrogen-bond acceptors (Lipinski definition) is 3. The van der Waals surface area contributed by atoms with Crippen LogP contribution in [0.25, 0.3) is 0 Å². The molecule has 0 aliphatic heterocycles. The Labute approximate surface area is 127 Å². The number of ether oxygens (including phenoxy) is 1. The SMILES string of the molecule is CCCn1cncc1COc1cc(Br)ccc1[C@@H](C)O. The third-order valence-electron chi connectivity index (χ3n) is 3.06. The number of hydrogen-bond donors (Lipinski definition) is 1. The molecule has 0 radical (unpaired) electrons. The van der Waals surface area contributed by atoms with E-state index in [-0.39, 0.29) is 0 Å². The summed E-state index contributed by atoms with van der Waals surface area (Å²) in [5, 5.41) is 9.78. The maximum atomic E-state index is 9.78. The smallest absolute Gasteiger partial charge is 0.130 e. The molecule has 2 aromatic rings. The lowest BCUT2D eigenvalue weighted by molar-refractivity contribution is 0.189. The Bertz CT molecular complexity index is 567. The predicted molar refractivity (Wildman–Crippen MR) is 81.6 cm³/mol. The van der Waals surface area contributed by atoms with Crippen LogP contribution in [0.15, 0.2) is 35.2 Å². The lowest BCUT2D eigenvalue weighted by atomic mass is 10.1. The van der Waals surface area contributed by atoms with E-state index in [9.17, 15) is 5.11 Å². The fourth-order valence-corrected chi connectivity index (χ4v) is 2.38. The number of aromatic nitrogens is 2. The lowest BCUT2D eigenvalue weighted by Gasteiger charge is -2.14. The number of rotatable bonds is 6. The molecule has 1 aromatic carbocycles. The maximum absolute atomic E-state index is 9.78. The van der Waals surface area contributed by atoms with Gasteiger partial charge >= 0.3 is 0 Å². The number of benzene rings is 1. The summed E-state index contributed by atoms with van der Waals surface area (Å²) in [5.74, 6) is 0.693. The normalized spacial score (nSPS) is 12.4. The second-order valence-electron chi connectivity index (χ2n) is 4.73. The Hall–Kier alpha value is -1.33. The van der Waals surface area contributed by atoms with Crippen molar-refractivity contribution in [3.05, 3.63) is 46.5 Å². The Morgan fingerprint density at radius 1 is 1.45 bits per heavy atom. The van der Waals surface area contributed by atoms with E-state index in [2.05, 4.69) is 32.4 Å². The third-order valence-corrected chi connectivity index (χ3v) is 3.56. The molecule has 0 unspecified atom stereocenters. The van der Waals surface area contributed by atoms with Crippen molar-refractivity contribution >= 4 is 15.9 Å². The fourth-order valence-electron chi connectivity index (χ4n) is 2.04. The van der Waals surface area contributed by atoms with Crippen LogP contribution in [-0.4, -0.2) is 14.7 Å². The Balaban J connectivity index is 2.14. The molecule has 108 valence electrons. The zero-order valence-corrected chi connectivity index (χ0v) is 13.3. The van der Waals surface area contributed by atoms with Gasteiger partial charge in [0.25, 0.3) is 0 Å². The van der Waals surface area contributed by atoms with Crippen LogP contribution in [0.5, 0.6) is 5.75 Å². The van der Waals surface area contributed by atoms with E-state index < -0.39 is 6.10 Å². The number of imidazole rings is 1. The van der Waals surface area contributed by atoms with Crippen molar-refractivity contribution in [2.45, 2.75) is 39.5 Å². The van der Waals surface area contributed by atoms with Gasteiger partial charge in [0.05, 0.1) is 24.3 Å². The number of aliphatic hydroxyl groups is 1. The van der Waals surface area contributed by atoms with Crippen molar-refractivity contribution in [2.75, 3.05) is 0 Å². The highest BCUT2D eigenvalue weighted by Crippen LogP contribution is 2.29. The predicted octanol–water partition coefficient (Wildman–Crippen LogP) is 3.69. The van der Waals surface area contributed by atoms with Crippen LogP contribution < -0.4 is 4.74 Å². The van der Waals surface area contributed by atoms with Crippen molar-refractivity contribution < 1.29 is 9.84 Å². The molecule has 1 aromatic heterocycles. The molecule has 0 saturated carbocycles. The van der Waals surface area contributed by atoms with Crippen LogP contribution in [0.2, 0.25) is 0 Å². The van der Waals surface area contributed by atoms with Gasteiger partial charge in [-0.2, -0.15) is 0 Å². The molecule has 0 aliphatic carbocycles. The first-order valence-electron chi connectivity index (χ1n) is 6.71. The molecule has 2 rings (SSSR count). The van der Waals surface area contributed by atoms with E-state index in [0.717, 1.165) is 28.7 Å². The first kappa shape index (κ1) is 15.1. The van der Waals surface area contributed by atoms with E-state index in [0.29, 0.717) is 12.4 Å². The summed E-state index contributed by atoms with van der Waals surface area (Å²) >= 11 is 3.42. The van der Waals surface area contributed by atoms with Gasteiger partial charge in [0.2, 0.25) is 0 Å². The molecular weight excluding hydrogens is 320 g/mol. The number of aliphatic hydroxyl groups excluding tert-OH is 1. The van der Waals surface area contributed by atoms with Crippen molar-refractivity contribution in [3.63, 3.8) is 0 Å². The summed E-state index contributed by atoms with van der Waals surface area (Å²) < 4.78 is 8.87. The Kier molecular flexibility index (Phi) is 5.20.